The highest BCUT2D eigenvalue weighted by Crippen LogP contribution is 2.44. The normalized spacial score (nSPS) is 30.9. The highest BCUT2D eigenvalue weighted by molar-refractivity contribution is 5.21. The maximum Gasteiger partial charge on any atom is 0.213 e. The molecule has 0 spiro atoms. The van der Waals surface area contributed by atoms with E-state index in [1.54, 1.807) is 0 Å². The first-order valence-corrected chi connectivity index (χ1v) is 10.4. The summed E-state index contributed by atoms with van der Waals surface area (Å²) in [6.45, 7) is 5.04. The molecule has 2 nitrogen and oxygen atoms in total. The van der Waals surface area contributed by atoms with E-state index in [1.165, 1.54) is 69.8 Å². The van der Waals surface area contributed by atoms with Gasteiger partial charge < -0.3 is 4.74 Å². The average molecular weight is 330 g/mol. The predicted molar refractivity (Wildman–Crippen MR) is 100 cm³/mol. The van der Waals surface area contributed by atoms with Crippen LogP contribution in [0.4, 0.5) is 0 Å². The zero-order valence-electron chi connectivity index (χ0n) is 15.7. The van der Waals surface area contributed by atoms with Crippen LogP contribution in [0.15, 0.2) is 18.3 Å². The fourth-order valence-electron chi connectivity index (χ4n) is 5.15. The standard InChI is InChI=1S/C22H35NO/c1-3-5-17-6-8-18(9-7-17)19-10-12-20(13-11-19)21-14-15-22(23-16-21)24-4-2/h14-20H,3-13H2,1-2H3/t17-,18-,19?,20?. The van der Waals surface area contributed by atoms with Gasteiger partial charge in [-0.15, -0.1) is 0 Å². The quantitative estimate of drug-likeness (QED) is 0.605. The first-order chi connectivity index (χ1) is 11.8. The molecule has 3 rings (SSSR count). The Morgan fingerprint density at radius 2 is 1.58 bits per heavy atom. The van der Waals surface area contributed by atoms with E-state index < -0.39 is 0 Å². The lowest BCUT2D eigenvalue weighted by Crippen LogP contribution is -2.25. The Labute approximate surface area is 148 Å². The zero-order valence-corrected chi connectivity index (χ0v) is 15.7. The van der Waals surface area contributed by atoms with Gasteiger partial charge in [0.2, 0.25) is 5.88 Å². The summed E-state index contributed by atoms with van der Waals surface area (Å²) in [6.07, 6.45) is 16.5. The summed E-state index contributed by atoms with van der Waals surface area (Å²) in [5, 5.41) is 0. The first-order valence-electron chi connectivity index (χ1n) is 10.4. The van der Waals surface area contributed by atoms with Gasteiger partial charge in [0.1, 0.15) is 0 Å². The van der Waals surface area contributed by atoms with Crippen molar-refractivity contribution in [3.8, 4) is 5.88 Å². The van der Waals surface area contributed by atoms with E-state index in [9.17, 15) is 0 Å². The second-order valence-corrected chi connectivity index (χ2v) is 8.04. The summed E-state index contributed by atoms with van der Waals surface area (Å²) in [6, 6.07) is 4.28. The molecule has 0 atom stereocenters. The predicted octanol–water partition coefficient (Wildman–Crippen LogP) is 6.36. The molecule has 2 aliphatic carbocycles. The van der Waals surface area contributed by atoms with E-state index in [4.69, 9.17) is 4.74 Å². The summed E-state index contributed by atoms with van der Waals surface area (Å²) in [4.78, 5) is 4.46. The molecule has 24 heavy (non-hydrogen) atoms. The van der Waals surface area contributed by atoms with Crippen molar-refractivity contribution in [1.29, 1.82) is 0 Å². The summed E-state index contributed by atoms with van der Waals surface area (Å²) in [5.41, 5.74) is 1.42. The lowest BCUT2D eigenvalue weighted by molar-refractivity contribution is 0.156. The molecule has 0 aromatic carbocycles. The van der Waals surface area contributed by atoms with Crippen LogP contribution in [0.2, 0.25) is 0 Å². The van der Waals surface area contributed by atoms with E-state index in [0.29, 0.717) is 6.61 Å². The molecule has 2 fully saturated rings. The zero-order chi connectivity index (χ0) is 16.8. The Kier molecular flexibility index (Phi) is 6.57. The van der Waals surface area contributed by atoms with E-state index in [-0.39, 0.29) is 0 Å². The molecule has 0 bridgehead atoms. The number of hydrogen-bond acceptors (Lipinski definition) is 2. The highest BCUT2D eigenvalue weighted by Gasteiger charge is 2.31. The number of rotatable bonds is 6. The third-order valence-electron chi connectivity index (χ3n) is 6.55. The second-order valence-electron chi connectivity index (χ2n) is 8.04. The maximum atomic E-state index is 5.46. The molecular formula is C22H35NO. The number of hydrogen-bond donors (Lipinski definition) is 0. The van der Waals surface area contributed by atoms with Gasteiger partial charge in [-0.1, -0.05) is 38.7 Å². The van der Waals surface area contributed by atoms with Crippen LogP contribution in [0.3, 0.4) is 0 Å². The number of aromatic nitrogens is 1. The molecule has 0 amide bonds. The van der Waals surface area contributed by atoms with E-state index >= 15 is 0 Å². The monoisotopic (exact) mass is 329 g/mol. The molecule has 1 aromatic heterocycles. The van der Waals surface area contributed by atoms with Crippen molar-refractivity contribution in [3.63, 3.8) is 0 Å². The molecule has 0 radical (unpaired) electrons. The van der Waals surface area contributed by atoms with Crippen LogP contribution in [0.1, 0.15) is 89.5 Å². The van der Waals surface area contributed by atoms with E-state index in [2.05, 4.69) is 18.0 Å². The summed E-state index contributed by atoms with van der Waals surface area (Å²) in [5.74, 6) is 4.55. The Morgan fingerprint density at radius 1 is 0.917 bits per heavy atom. The molecule has 0 unspecified atom stereocenters. The molecular weight excluding hydrogens is 294 g/mol. The van der Waals surface area contributed by atoms with E-state index in [0.717, 1.165) is 29.6 Å². The molecule has 0 saturated heterocycles. The Hall–Kier alpha value is -1.05. The van der Waals surface area contributed by atoms with Gasteiger partial charge in [0.05, 0.1) is 6.61 Å². The SMILES string of the molecule is CCC[C@H]1CC[C@H](C2CCC(c3ccc(OCC)nc3)CC2)CC1. The van der Waals surface area contributed by atoms with Gasteiger partial charge in [0, 0.05) is 12.3 Å². The third kappa shape index (κ3) is 4.52. The van der Waals surface area contributed by atoms with Crippen molar-refractivity contribution in [2.45, 2.75) is 84.0 Å². The van der Waals surface area contributed by atoms with Crippen molar-refractivity contribution in [2.75, 3.05) is 6.61 Å². The van der Waals surface area contributed by atoms with Crippen LogP contribution >= 0.6 is 0 Å². The van der Waals surface area contributed by atoms with Crippen molar-refractivity contribution in [3.05, 3.63) is 23.9 Å². The number of nitrogens with zero attached hydrogens (tertiary/aromatic N) is 1. The number of ether oxygens (including phenoxy) is 1. The van der Waals surface area contributed by atoms with Crippen LogP contribution in [0.5, 0.6) is 5.88 Å². The molecule has 2 aliphatic rings. The van der Waals surface area contributed by atoms with Gasteiger partial charge in [0.15, 0.2) is 0 Å². The van der Waals surface area contributed by atoms with Crippen LogP contribution in [-0.4, -0.2) is 11.6 Å². The summed E-state index contributed by atoms with van der Waals surface area (Å²) < 4.78 is 5.46. The lowest BCUT2D eigenvalue weighted by atomic mass is 9.68. The minimum atomic E-state index is 0.692. The molecule has 2 saturated carbocycles. The van der Waals surface area contributed by atoms with Crippen molar-refractivity contribution >= 4 is 0 Å². The summed E-state index contributed by atoms with van der Waals surface area (Å²) >= 11 is 0. The topological polar surface area (TPSA) is 22.1 Å². The van der Waals surface area contributed by atoms with Gasteiger partial charge in [-0.05, 0) is 74.7 Å². The van der Waals surface area contributed by atoms with E-state index in [1.807, 2.05) is 19.2 Å². The Bertz CT molecular complexity index is 467. The van der Waals surface area contributed by atoms with Gasteiger partial charge in [0.25, 0.3) is 0 Å². The average Bonchev–Trinajstić information content (AvgIpc) is 2.64. The lowest BCUT2D eigenvalue weighted by Gasteiger charge is -2.38. The number of pyridine rings is 1. The molecule has 2 heteroatoms. The summed E-state index contributed by atoms with van der Waals surface area (Å²) in [7, 11) is 0. The van der Waals surface area contributed by atoms with Gasteiger partial charge in [-0.2, -0.15) is 0 Å². The smallest absolute Gasteiger partial charge is 0.213 e. The minimum absolute atomic E-state index is 0.692. The molecule has 0 N–H and O–H groups in total. The largest absolute Gasteiger partial charge is 0.478 e. The van der Waals surface area contributed by atoms with Crippen molar-refractivity contribution < 1.29 is 4.74 Å². The Balaban J connectivity index is 1.45. The first kappa shape index (κ1) is 17.8. The maximum absolute atomic E-state index is 5.46. The highest BCUT2D eigenvalue weighted by atomic mass is 16.5. The fraction of sp³-hybridized carbons (Fsp3) is 0.773. The molecule has 1 heterocycles. The minimum Gasteiger partial charge on any atom is -0.478 e. The molecule has 1 aromatic rings. The Morgan fingerprint density at radius 3 is 2.12 bits per heavy atom. The van der Waals surface area contributed by atoms with Gasteiger partial charge in [-0.25, -0.2) is 4.98 Å². The van der Waals surface area contributed by atoms with Crippen molar-refractivity contribution in [1.82, 2.24) is 4.98 Å². The van der Waals surface area contributed by atoms with Crippen LogP contribution in [0.25, 0.3) is 0 Å². The van der Waals surface area contributed by atoms with Crippen molar-refractivity contribution in [2.24, 2.45) is 17.8 Å². The van der Waals surface area contributed by atoms with Gasteiger partial charge in [-0.3, -0.25) is 0 Å². The fourth-order valence-corrected chi connectivity index (χ4v) is 5.15. The van der Waals surface area contributed by atoms with Crippen LogP contribution in [-0.2, 0) is 0 Å². The van der Waals surface area contributed by atoms with Gasteiger partial charge >= 0.3 is 0 Å². The van der Waals surface area contributed by atoms with Crippen LogP contribution < -0.4 is 4.74 Å². The second kappa shape index (κ2) is 8.87. The molecule has 134 valence electrons. The van der Waals surface area contributed by atoms with Crippen LogP contribution in [0, 0.1) is 17.8 Å². The molecule has 0 aliphatic heterocycles. The third-order valence-corrected chi connectivity index (χ3v) is 6.55.